The van der Waals surface area contributed by atoms with Crippen LogP contribution in [-0.4, -0.2) is 27.2 Å². The van der Waals surface area contributed by atoms with Crippen molar-refractivity contribution in [3.05, 3.63) is 17.9 Å². The highest BCUT2D eigenvalue weighted by Gasteiger charge is 2.22. The Balaban J connectivity index is 1.88. The van der Waals surface area contributed by atoms with E-state index < -0.39 is 10.0 Å². The number of rotatable bonds is 5. The molecule has 1 fully saturated rings. The van der Waals surface area contributed by atoms with Crippen LogP contribution in [0.1, 0.15) is 25.5 Å². The summed E-state index contributed by atoms with van der Waals surface area (Å²) in [6.45, 7) is 3.31. The van der Waals surface area contributed by atoms with E-state index in [0.29, 0.717) is 12.3 Å². The van der Waals surface area contributed by atoms with E-state index in [1.54, 1.807) is 6.07 Å². The topological polar surface area (TPSA) is 94.6 Å². The molecule has 2 unspecified atom stereocenters. The minimum atomic E-state index is -3.76. The number of hydrogen-bond acceptors (Lipinski definition) is 5. The number of primary sulfonamides is 1. The number of hydrogen-bond donors (Lipinski definition) is 2. The first-order valence-electron chi connectivity index (χ1n) is 5.93. The largest absolute Gasteiger partial charge is 0.447 e. The van der Waals surface area contributed by atoms with Gasteiger partial charge in [-0.3, -0.25) is 0 Å². The lowest BCUT2D eigenvalue weighted by Gasteiger charge is -2.19. The maximum atomic E-state index is 11.0. The molecule has 102 valence electrons. The van der Waals surface area contributed by atoms with E-state index in [0.717, 1.165) is 19.4 Å². The summed E-state index contributed by atoms with van der Waals surface area (Å²) in [7, 11) is -3.76. The van der Waals surface area contributed by atoms with Crippen molar-refractivity contribution in [2.75, 3.05) is 6.61 Å². The summed E-state index contributed by atoms with van der Waals surface area (Å²) >= 11 is 0. The summed E-state index contributed by atoms with van der Waals surface area (Å²) < 4.78 is 32.8. The molecule has 1 aliphatic rings. The molecule has 2 heterocycles. The first-order chi connectivity index (χ1) is 8.47. The van der Waals surface area contributed by atoms with Crippen LogP contribution in [0.25, 0.3) is 0 Å². The zero-order chi connectivity index (χ0) is 13.2. The van der Waals surface area contributed by atoms with Crippen molar-refractivity contribution in [1.29, 1.82) is 0 Å². The molecule has 0 saturated carbocycles. The van der Waals surface area contributed by atoms with Crippen molar-refractivity contribution in [2.45, 2.75) is 43.5 Å². The third kappa shape index (κ3) is 3.32. The average molecular weight is 274 g/mol. The number of sulfonamides is 1. The average Bonchev–Trinajstić information content (AvgIpc) is 2.96. The molecule has 1 aromatic heterocycles. The number of nitrogens with two attached hydrogens (primary N) is 1. The van der Waals surface area contributed by atoms with Gasteiger partial charge in [0.25, 0.3) is 10.0 Å². The standard InChI is InChI=1S/C11H18N2O4S/c1-8(10-3-2-6-16-10)13-7-9-4-5-11(17-9)18(12,14)15/h4-5,8,10,13H,2-3,6-7H2,1H3,(H2,12,14,15). The van der Waals surface area contributed by atoms with Gasteiger partial charge >= 0.3 is 0 Å². The van der Waals surface area contributed by atoms with Crippen LogP contribution in [0.3, 0.4) is 0 Å². The van der Waals surface area contributed by atoms with Gasteiger partial charge in [-0.1, -0.05) is 0 Å². The summed E-state index contributed by atoms with van der Waals surface area (Å²) in [5.41, 5.74) is 0. The molecule has 1 aromatic rings. The van der Waals surface area contributed by atoms with Crippen molar-refractivity contribution in [3.63, 3.8) is 0 Å². The summed E-state index contributed by atoms with van der Waals surface area (Å²) in [6, 6.07) is 3.17. The van der Waals surface area contributed by atoms with E-state index >= 15 is 0 Å². The van der Waals surface area contributed by atoms with Crippen LogP contribution in [0.4, 0.5) is 0 Å². The van der Waals surface area contributed by atoms with Crippen LogP contribution < -0.4 is 10.5 Å². The van der Waals surface area contributed by atoms with Gasteiger partial charge < -0.3 is 14.5 Å². The lowest BCUT2D eigenvalue weighted by atomic mass is 10.1. The maximum Gasteiger partial charge on any atom is 0.271 e. The summed E-state index contributed by atoms with van der Waals surface area (Å²) in [5.74, 6) is 0.545. The monoisotopic (exact) mass is 274 g/mol. The van der Waals surface area contributed by atoms with Gasteiger partial charge in [-0.2, -0.15) is 0 Å². The summed E-state index contributed by atoms with van der Waals surface area (Å²) in [4.78, 5) is 0. The van der Waals surface area contributed by atoms with Gasteiger partial charge in [-0.15, -0.1) is 0 Å². The molecular formula is C11H18N2O4S. The van der Waals surface area contributed by atoms with Gasteiger partial charge in [0.15, 0.2) is 0 Å². The molecule has 2 atom stereocenters. The molecule has 3 N–H and O–H groups in total. The van der Waals surface area contributed by atoms with Gasteiger partial charge in [0, 0.05) is 12.6 Å². The predicted octanol–water partition coefficient (Wildman–Crippen LogP) is 0.584. The molecule has 0 aromatic carbocycles. The van der Waals surface area contributed by atoms with E-state index in [4.69, 9.17) is 14.3 Å². The SMILES string of the molecule is CC(NCc1ccc(S(N)(=O)=O)o1)C1CCCO1. The molecular weight excluding hydrogens is 256 g/mol. The number of ether oxygens (including phenoxy) is 1. The van der Waals surface area contributed by atoms with Gasteiger partial charge in [0.2, 0.25) is 5.09 Å². The quantitative estimate of drug-likeness (QED) is 0.819. The second kappa shape index (κ2) is 5.40. The fourth-order valence-electron chi connectivity index (χ4n) is 2.00. The third-order valence-corrected chi connectivity index (χ3v) is 3.82. The molecule has 1 aliphatic heterocycles. The Morgan fingerprint density at radius 1 is 1.56 bits per heavy atom. The van der Waals surface area contributed by atoms with Crippen molar-refractivity contribution in [1.82, 2.24) is 5.32 Å². The van der Waals surface area contributed by atoms with Gasteiger partial charge in [-0.05, 0) is 31.9 Å². The molecule has 1 saturated heterocycles. The highest BCUT2D eigenvalue weighted by Crippen LogP contribution is 2.16. The van der Waals surface area contributed by atoms with Crippen LogP contribution in [0.15, 0.2) is 21.6 Å². The summed E-state index contributed by atoms with van der Waals surface area (Å²) in [5, 5.41) is 8.01. The molecule has 0 spiro atoms. The lowest BCUT2D eigenvalue weighted by Crippen LogP contribution is -2.36. The molecule has 6 nitrogen and oxygen atoms in total. The van der Waals surface area contributed by atoms with Crippen molar-refractivity contribution in [2.24, 2.45) is 5.14 Å². The smallest absolute Gasteiger partial charge is 0.271 e. The Morgan fingerprint density at radius 3 is 2.89 bits per heavy atom. The highest BCUT2D eigenvalue weighted by atomic mass is 32.2. The normalized spacial score (nSPS) is 22.2. The summed E-state index contributed by atoms with van der Waals surface area (Å²) in [6.07, 6.45) is 2.36. The van der Waals surface area contributed by atoms with E-state index in [9.17, 15) is 8.42 Å². The molecule has 7 heteroatoms. The second-order valence-corrected chi connectivity index (χ2v) is 5.98. The first kappa shape index (κ1) is 13.5. The lowest BCUT2D eigenvalue weighted by molar-refractivity contribution is 0.0824. The zero-order valence-corrected chi connectivity index (χ0v) is 11.1. The van der Waals surface area contributed by atoms with Crippen molar-refractivity contribution >= 4 is 10.0 Å². The minimum absolute atomic E-state index is 0.204. The van der Waals surface area contributed by atoms with Crippen molar-refractivity contribution in [3.8, 4) is 0 Å². The fourth-order valence-corrected chi connectivity index (χ4v) is 2.48. The Kier molecular flexibility index (Phi) is 4.06. The van der Waals surface area contributed by atoms with Crippen LogP contribution in [-0.2, 0) is 21.3 Å². The number of nitrogens with one attached hydrogen (secondary N) is 1. The molecule has 0 aliphatic carbocycles. The van der Waals surface area contributed by atoms with E-state index in [1.165, 1.54) is 6.07 Å². The van der Waals surface area contributed by atoms with Crippen molar-refractivity contribution < 1.29 is 17.6 Å². The minimum Gasteiger partial charge on any atom is -0.447 e. The van der Waals surface area contributed by atoms with E-state index in [-0.39, 0.29) is 17.2 Å². The second-order valence-electron chi connectivity index (χ2n) is 4.49. The van der Waals surface area contributed by atoms with E-state index in [2.05, 4.69) is 5.32 Å². The van der Waals surface area contributed by atoms with Gasteiger partial charge in [0.05, 0.1) is 12.6 Å². The molecule has 0 radical (unpaired) electrons. The Morgan fingerprint density at radius 2 is 2.33 bits per heavy atom. The molecule has 2 rings (SSSR count). The maximum absolute atomic E-state index is 11.0. The molecule has 0 amide bonds. The fraction of sp³-hybridized carbons (Fsp3) is 0.636. The Labute approximate surface area is 107 Å². The van der Waals surface area contributed by atoms with Crippen LogP contribution in [0.2, 0.25) is 0 Å². The Bertz CT molecular complexity index is 491. The highest BCUT2D eigenvalue weighted by molar-refractivity contribution is 7.89. The van der Waals surface area contributed by atoms with Crippen LogP contribution in [0.5, 0.6) is 0 Å². The Hall–Kier alpha value is -0.890. The zero-order valence-electron chi connectivity index (χ0n) is 10.3. The molecule has 0 bridgehead atoms. The molecule has 18 heavy (non-hydrogen) atoms. The van der Waals surface area contributed by atoms with E-state index in [1.807, 2.05) is 6.92 Å². The van der Waals surface area contributed by atoms with Gasteiger partial charge in [0.1, 0.15) is 5.76 Å². The van der Waals surface area contributed by atoms with Crippen LogP contribution >= 0.6 is 0 Å². The number of furan rings is 1. The van der Waals surface area contributed by atoms with Crippen LogP contribution in [0, 0.1) is 0 Å². The first-order valence-corrected chi connectivity index (χ1v) is 7.48. The third-order valence-electron chi connectivity index (χ3n) is 3.04. The van der Waals surface area contributed by atoms with Gasteiger partial charge in [-0.25, -0.2) is 13.6 Å². The predicted molar refractivity (Wildman–Crippen MR) is 65.4 cm³/mol.